The largest absolute Gasteiger partial charge is 0.466 e. The number of ether oxygens (including phenoxy) is 2. The highest BCUT2D eigenvalue weighted by Crippen LogP contribution is 2.04. The minimum Gasteiger partial charge on any atom is -0.466 e. The number of nitrogens with zero attached hydrogens (tertiary/aromatic N) is 1. The first kappa shape index (κ1) is 11.5. The van der Waals surface area contributed by atoms with E-state index in [9.17, 15) is 4.79 Å². The molecule has 4 heteroatoms. The third kappa shape index (κ3) is 4.07. The number of carbonyl (C=O) groups is 1. The standard InChI is InChI=1S/C10H19NO3/c1-3-13-10(12)4-5-11-6-7-14-9(2)8-11/h9H,3-8H2,1-2H3. The van der Waals surface area contributed by atoms with Crippen molar-refractivity contribution in [1.29, 1.82) is 0 Å². The molecule has 0 aliphatic carbocycles. The van der Waals surface area contributed by atoms with Crippen molar-refractivity contribution >= 4 is 5.97 Å². The highest BCUT2D eigenvalue weighted by atomic mass is 16.5. The fraction of sp³-hybridized carbons (Fsp3) is 0.900. The highest BCUT2D eigenvalue weighted by molar-refractivity contribution is 5.69. The monoisotopic (exact) mass is 201 g/mol. The lowest BCUT2D eigenvalue weighted by Gasteiger charge is -2.30. The maximum Gasteiger partial charge on any atom is 0.307 e. The highest BCUT2D eigenvalue weighted by Gasteiger charge is 2.17. The van der Waals surface area contributed by atoms with E-state index in [1.54, 1.807) is 0 Å². The summed E-state index contributed by atoms with van der Waals surface area (Å²) in [6.07, 6.45) is 0.770. The third-order valence-electron chi connectivity index (χ3n) is 2.26. The lowest BCUT2D eigenvalue weighted by molar-refractivity contribution is -0.143. The van der Waals surface area contributed by atoms with Crippen LogP contribution in [0.2, 0.25) is 0 Å². The average Bonchev–Trinajstić information content (AvgIpc) is 2.15. The van der Waals surface area contributed by atoms with Gasteiger partial charge in [-0.3, -0.25) is 9.69 Å². The molecule has 0 N–H and O–H groups in total. The molecule has 0 aromatic heterocycles. The number of rotatable bonds is 4. The van der Waals surface area contributed by atoms with Crippen LogP contribution in [0.15, 0.2) is 0 Å². The van der Waals surface area contributed by atoms with Crippen LogP contribution in [0.4, 0.5) is 0 Å². The van der Waals surface area contributed by atoms with E-state index in [0.29, 0.717) is 13.0 Å². The maximum atomic E-state index is 11.1. The molecule has 1 heterocycles. The summed E-state index contributed by atoms with van der Waals surface area (Å²) >= 11 is 0. The smallest absolute Gasteiger partial charge is 0.307 e. The molecule has 1 unspecified atom stereocenters. The van der Waals surface area contributed by atoms with E-state index in [4.69, 9.17) is 9.47 Å². The predicted molar refractivity (Wildman–Crippen MR) is 53.1 cm³/mol. The Morgan fingerprint density at radius 1 is 1.64 bits per heavy atom. The zero-order valence-corrected chi connectivity index (χ0v) is 8.99. The van der Waals surface area contributed by atoms with Gasteiger partial charge < -0.3 is 9.47 Å². The van der Waals surface area contributed by atoms with Gasteiger partial charge in [0, 0.05) is 19.6 Å². The molecular weight excluding hydrogens is 182 g/mol. The van der Waals surface area contributed by atoms with Crippen LogP contribution in [-0.2, 0) is 14.3 Å². The first-order chi connectivity index (χ1) is 6.72. The lowest BCUT2D eigenvalue weighted by Crippen LogP contribution is -2.42. The molecule has 0 aromatic carbocycles. The molecule has 0 spiro atoms. The summed E-state index contributed by atoms with van der Waals surface area (Å²) in [5, 5.41) is 0. The Labute approximate surface area is 85.2 Å². The van der Waals surface area contributed by atoms with E-state index in [2.05, 4.69) is 11.8 Å². The van der Waals surface area contributed by atoms with Gasteiger partial charge in [-0.1, -0.05) is 0 Å². The van der Waals surface area contributed by atoms with Gasteiger partial charge in [0.25, 0.3) is 0 Å². The van der Waals surface area contributed by atoms with Crippen LogP contribution in [0.25, 0.3) is 0 Å². The van der Waals surface area contributed by atoms with E-state index in [1.807, 2.05) is 6.92 Å². The Morgan fingerprint density at radius 2 is 2.43 bits per heavy atom. The summed E-state index contributed by atoms with van der Waals surface area (Å²) in [5.41, 5.74) is 0. The van der Waals surface area contributed by atoms with Crippen LogP contribution in [-0.4, -0.2) is 49.8 Å². The van der Waals surface area contributed by atoms with E-state index >= 15 is 0 Å². The molecule has 1 aliphatic heterocycles. The molecule has 1 rings (SSSR count). The Balaban J connectivity index is 2.14. The Kier molecular flexibility index (Phi) is 4.90. The molecule has 0 radical (unpaired) electrons. The van der Waals surface area contributed by atoms with Crippen molar-refractivity contribution in [2.45, 2.75) is 26.4 Å². The first-order valence-corrected chi connectivity index (χ1v) is 5.22. The second kappa shape index (κ2) is 5.98. The molecule has 1 saturated heterocycles. The van der Waals surface area contributed by atoms with Crippen LogP contribution in [0, 0.1) is 0 Å². The third-order valence-corrected chi connectivity index (χ3v) is 2.26. The van der Waals surface area contributed by atoms with Crippen molar-refractivity contribution in [2.75, 3.05) is 32.8 Å². The number of hydrogen-bond acceptors (Lipinski definition) is 4. The summed E-state index contributed by atoms with van der Waals surface area (Å²) in [7, 11) is 0. The maximum absolute atomic E-state index is 11.1. The van der Waals surface area contributed by atoms with Crippen molar-refractivity contribution in [3.8, 4) is 0 Å². The molecule has 82 valence electrons. The van der Waals surface area contributed by atoms with E-state index in [1.165, 1.54) is 0 Å². The molecule has 1 atom stereocenters. The molecule has 0 bridgehead atoms. The molecule has 14 heavy (non-hydrogen) atoms. The molecule has 0 amide bonds. The second-order valence-electron chi connectivity index (χ2n) is 3.54. The van der Waals surface area contributed by atoms with Crippen molar-refractivity contribution in [2.24, 2.45) is 0 Å². The summed E-state index contributed by atoms with van der Waals surface area (Å²) in [6.45, 7) is 7.74. The predicted octanol–water partition coefficient (Wildman–Crippen LogP) is 0.660. The van der Waals surface area contributed by atoms with Crippen LogP contribution in [0.1, 0.15) is 20.3 Å². The van der Waals surface area contributed by atoms with Gasteiger partial charge in [0.05, 0.1) is 25.7 Å². The van der Waals surface area contributed by atoms with Crippen molar-refractivity contribution in [3.05, 3.63) is 0 Å². The molecule has 4 nitrogen and oxygen atoms in total. The number of hydrogen-bond donors (Lipinski definition) is 0. The van der Waals surface area contributed by atoms with Crippen LogP contribution >= 0.6 is 0 Å². The molecule has 1 aliphatic rings. The van der Waals surface area contributed by atoms with Crippen molar-refractivity contribution in [1.82, 2.24) is 4.90 Å². The Hall–Kier alpha value is -0.610. The Morgan fingerprint density at radius 3 is 3.07 bits per heavy atom. The SMILES string of the molecule is CCOC(=O)CCN1CCOC(C)C1. The summed E-state index contributed by atoms with van der Waals surface area (Å²) in [6, 6.07) is 0. The van der Waals surface area contributed by atoms with Crippen molar-refractivity contribution < 1.29 is 14.3 Å². The van der Waals surface area contributed by atoms with Gasteiger partial charge in [-0.25, -0.2) is 0 Å². The number of morpholine rings is 1. The lowest BCUT2D eigenvalue weighted by atomic mass is 10.3. The minimum absolute atomic E-state index is 0.105. The molecule has 0 aromatic rings. The second-order valence-corrected chi connectivity index (χ2v) is 3.54. The topological polar surface area (TPSA) is 38.8 Å². The fourth-order valence-corrected chi connectivity index (χ4v) is 1.58. The minimum atomic E-state index is -0.105. The summed E-state index contributed by atoms with van der Waals surface area (Å²) in [4.78, 5) is 13.3. The van der Waals surface area contributed by atoms with Gasteiger partial charge in [0.1, 0.15) is 0 Å². The quantitative estimate of drug-likeness (QED) is 0.626. The van der Waals surface area contributed by atoms with Gasteiger partial charge in [0.2, 0.25) is 0 Å². The zero-order valence-electron chi connectivity index (χ0n) is 8.99. The van der Waals surface area contributed by atoms with Gasteiger partial charge in [-0.05, 0) is 13.8 Å². The summed E-state index contributed by atoms with van der Waals surface area (Å²) in [5.74, 6) is -0.105. The zero-order chi connectivity index (χ0) is 10.4. The van der Waals surface area contributed by atoms with Crippen LogP contribution in [0.3, 0.4) is 0 Å². The average molecular weight is 201 g/mol. The van der Waals surface area contributed by atoms with Gasteiger partial charge in [-0.15, -0.1) is 0 Å². The number of esters is 1. The van der Waals surface area contributed by atoms with E-state index in [0.717, 1.165) is 26.2 Å². The normalized spacial score (nSPS) is 23.4. The molecule has 1 fully saturated rings. The summed E-state index contributed by atoms with van der Waals surface area (Å²) < 4.78 is 10.3. The molecule has 0 saturated carbocycles. The Bertz CT molecular complexity index is 184. The van der Waals surface area contributed by atoms with E-state index < -0.39 is 0 Å². The van der Waals surface area contributed by atoms with Crippen LogP contribution in [0.5, 0.6) is 0 Å². The van der Waals surface area contributed by atoms with E-state index in [-0.39, 0.29) is 12.1 Å². The number of carbonyl (C=O) groups excluding carboxylic acids is 1. The van der Waals surface area contributed by atoms with Crippen molar-refractivity contribution in [3.63, 3.8) is 0 Å². The first-order valence-electron chi connectivity index (χ1n) is 5.22. The van der Waals surface area contributed by atoms with Gasteiger partial charge in [-0.2, -0.15) is 0 Å². The fourth-order valence-electron chi connectivity index (χ4n) is 1.58. The molecular formula is C10H19NO3. The van der Waals surface area contributed by atoms with Crippen LogP contribution < -0.4 is 0 Å². The van der Waals surface area contributed by atoms with Gasteiger partial charge >= 0.3 is 5.97 Å². The van der Waals surface area contributed by atoms with Gasteiger partial charge in [0.15, 0.2) is 0 Å².